The summed E-state index contributed by atoms with van der Waals surface area (Å²) in [4.78, 5) is 0. The Labute approximate surface area is 317 Å². The minimum absolute atomic E-state index is 0.905. The first kappa shape index (κ1) is 30.3. The van der Waals surface area contributed by atoms with Crippen molar-refractivity contribution in [1.29, 1.82) is 0 Å². The van der Waals surface area contributed by atoms with Crippen molar-refractivity contribution in [3.63, 3.8) is 0 Å². The smallest absolute Gasteiger partial charge is 0.135 e. The van der Waals surface area contributed by atoms with E-state index in [9.17, 15) is 0 Å². The molecule has 0 fully saturated rings. The summed E-state index contributed by atoms with van der Waals surface area (Å²) < 4.78 is 6.35. The van der Waals surface area contributed by atoms with Gasteiger partial charge in [0.25, 0.3) is 0 Å². The standard InChI is InChI=1S/C54H32O/c1-2-12-40-33(10-1)11-9-19-41(40)39-25-27-53-50(31-39)49-30-37(24-26-52(49)55-53)35-20-21-36-29-38(23-22-34(36)28-35)48-32-51-44-15-4-3-13-42(44)43-14-5-7-17-46(43)54(51)47-18-8-6-16-45(47)48/h1-32H. The van der Waals surface area contributed by atoms with Crippen molar-refractivity contribution in [2.45, 2.75) is 0 Å². The summed E-state index contributed by atoms with van der Waals surface area (Å²) in [6, 6.07) is 71.1. The molecule has 0 spiro atoms. The minimum atomic E-state index is 0.905. The average molecular weight is 697 g/mol. The second kappa shape index (κ2) is 11.6. The third kappa shape index (κ3) is 4.60. The normalized spacial score (nSPS) is 12.0. The molecule has 0 saturated carbocycles. The van der Waals surface area contributed by atoms with E-state index in [2.05, 4.69) is 194 Å². The van der Waals surface area contributed by atoms with E-state index in [0.717, 1.165) is 21.9 Å². The number of benzene rings is 11. The van der Waals surface area contributed by atoms with Gasteiger partial charge in [0.15, 0.2) is 0 Å². The molecule has 1 heterocycles. The summed E-state index contributed by atoms with van der Waals surface area (Å²) in [7, 11) is 0. The highest BCUT2D eigenvalue weighted by atomic mass is 16.3. The van der Waals surface area contributed by atoms with Gasteiger partial charge in [0.05, 0.1) is 0 Å². The Kier molecular flexibility index (Phi) is 6.40. The Bertz CT molecular complexity index is 3540. The maximum absolute atomic E-state index is 6.35. The molecule has 0 aliphatic carbocycles. The Balaban J connectivity index is 0.979. The van der Waals surface area contributed by atoms with Crippen LogP contribution in [0.25, 0.3) is 120 Å². The molecule has 0 atom stereocenters. The fourth-order valence-corrected chi connectivity index (χ4v) is 9.20. The highest BCUT2D eigenvalue weighted by molar-refractivity contribution is 6.33. The van der Waals surface area contributed by atoms with Crippen molar-refractivity contribution in [3.05, 3.63) is 194 Å². The number of fused-ring (bicyclic) bond motifs is 13. The fraction of sp³-hybridized carbons (Fsp3) is 0. The van der Waals surface area contributed by atoms with Crippen molar-refractivity contribution < 1.29 is 4.42 Å². The molecule has 254 valence electrons. The van der Waals surface area contributed by atoms with Crippen LogP contribution in [-0.4, -0.2) is 0 Å². The van der Waals surface area contributed by atoms with Gasteiger partial charge in [-0.15, -0.1) is 0 Å². The molecule has 0 bridgehead atoms. The van der Waals surface area contributed by atoms with Gasteiger partial charge in [0, 0.05) is 10.8 Å². The molecule has 1 aromatic heterocycles. The maximum Gasteiger partial charge on any atom is 0.135 e. The van der Waals surface area contributed by atoms with Gasteiger partial charge < -0.3 is 4.42 Å². The van der Waals surface area contributed by atoms with E-state index in [1.165, 1.54) is 98.0 Å². The minimum Gasteiger partial charge on any atom is -0.456 e. The quantitative estimate of drug-likeness (QED) is 0.168. The van der Waals surface area contributed by atoms with Crippen LogP contribution in [0.3, 0.4) is 0 Å². The van der Waals surface area contributed by atoms with Gasteiger partial charge in [-0.3, -0.25) is 0 Å². The molecule has 0 aliphatic heterocycles. The van der Waals surface area contributed by atoms with E-state index < -0.39 is 0 Å². The number of rotatable bonds is 3. The lowest BCUT2D eigenvalue weighted by Gasteiger charge is -2.16. The molecule has 0 aliphatic rings. The van der Waals surface area contributed by atoms with Crippen LogP contribution in [0.5, 0.6) is 0 Å². The highest BCUT2D eigenvalue weighted by Crippen LogP contribution is 2.43. The van der Waals surface area contributed by atoms with E-state index in [4.69, 9.17) is 4.42 Å². The van der Waals surface area contributed by atoms with Crippen LogP contribution >= 0.6 is 0 Å². The van der Waals surface area contributed by atoms with Crippen LogP contribution in [0.2, 0.25) is 0 Å². The predicted molar refractivity (Wildman–Crippen MR) is 235 cm³/mol. The molecule has 55 heavy (non-hydrogen) atoms. The summed E-state index contributed by atoms with van der Waals surface area (Å²) in [6.45, 7) is 0. The zero-order valence-electron chi connectivity index (χ0n) is 29.9. The molecule has 0 amide bonds. The van der Waals surface area contributed by atoms with E-state index in [0.29, 0.717) is 0 Å². The van der Waals surface area contributed by atoms with Gasteiger partial charge in [-0.2, -0.15) is 0 Å². The van der Waals surface area contributed by atoms with E-state index in [-0.39, 0.29) is 0 Å². The van der Waals surface area contributed by atoms with Crippen LogP contribution in [0.4, 0.5) is 0 Å². The monoisotopic (exact) mass is 696 g/mol. The van der Waals surface area contributed by atoms with Crippen LogP contribution in [0.1, 0.15) is 0 Å². The van der Waals surface area contributed by atoms with Gasteiger partial charge in [0.2, 0.25) is 0 Å². The Morgan fingerprint density at radius 2 is 0.709 bits per heavy atom. The highest BCUT2D eigenvalue weighted by Gasteiger charge is 2.16. The number of hydrogen-bond acceptors (Lipinski definition) is 1. The molecule has 12 rings (SSSR count). The van der Waals surface area contributed by atoms with E-state index in [1.807, 2.05) is 0 Å². The van der Waals surface area contributed by atoms with Crippen molar-refractivity contribution in [3.8, 4) is 33.4 Å². The lowest BCUT2D eigenvalue weighted by molar-refractivity contribution is 0.669. The SMILES string of the molecule is c1ccc2c(-c3ccc4oc5ccc(-c6ccc7cc(-c8cc9c%10ccccc%10c%10ccccc%10c9c9ccccc89)ccc7c6)cc5c4c3)cccc2c1. The second-order valence-electron chi connectivity index (χ2n) is 14.8. The third-order valence-electron chi connectivity index (χ3n) is 11.8. The van der Waals surface area contributed by atoms with Crippen molar-refractivity contribution in [2.24, 2.45) is 0 Å². The lowest BCUT2D eigenvalue weighted by atomic mass is 9.87. The first-order valence-electron chi connectivity index (χ1n) is 19.0. The molecule has 0 unspecified atom stereocenters. The van der Waals surface area contributed by atoms with Crippen LogP contribution < -0.4 is 0 Å². The van der Waals surface area contributed by atoms with E-state index >= 15 is 0 Å². The summed E-state index contributed by atoms with van der Waals surface area (Å²) in [6.07, 6.45) is 0. The lowest BCUT2D eigenvalue weighted by Crippen LogP contribution is -1.89. The Morgan fingerprint density at radius 3 is 1.45 bits per heavy atom. The molecule has 0 N–H and O–H groups in total. The van der Waals surface area contributed by atoms with Gasteiger partial charge >= 0.3 is 0 Å². The fourth-order valence-electron chi connectivity index (χ4n) is 9.20. The molecule has 12 aromatic rings. The van der Waals surface area contributed by atoms with Crippen LogP contribution in [-0.2, 0) is 0 Å². The molecular formula is C54H32O. The van der Waals surface area contributed by atoms with Gasteiger partial charge in [-0.1, -0.05) is 152 Å². The van der Waals surface area contributed by atoms with Gasteiger partial charge in [-0.25, -0.2) is 0 Å². The van der Waals surface area contributed by atoms with Crippen LogP contribution in [0.15, 0.2) is 199 Å². The van der Waals surface area contributed by atoms with Gasteiger partial charge in [0.1, 0.15) is 11.2 Å². The zero-order valence-corrected chi connectivity index (χ0v) is 29.9. The molecule has 11 aromatic carbocycles. The molecule has 1 nitrogen and oxygen atoms in total. The second-order valence-corrected chi connectivity index (χ2v) is 14.8. The summed E-state index contributed by atoms with van der Waals surface area (Å²) in [5.41, 5.74) is 9.09. The zero-order chi connectivity index (χ0) is 36.0. The molecule has 1 heteroatoms. The first-order valence-corrected chi connectivity index (χ1v) is 19.0. The third-order valence-corrected chi connectivity index (χ3v) is 11.8. The molecule has 0 saturated heterocycles. The summed E-state index contributed by atoms with van der Waals surface area (Å²) >= 11 is 0. The topological polar surface area (TPSA) is 13.1 Å². The number of hydrogen-bond donors (Lipinski definition) is 0. The predicted octanol–water partition coefficient (Wildman–Crippen LogP) is 15.5. The van der Waals surface area contributed by atoms with Crippen molar-refractivity contribution >= 4 is 86.6 Å². The number of furan rings is 1. The van der Waals surface area contributed by atoms with Crippen molar-refractivity contribution in [1.82, 2.24) is 0 Å². The van der Waals surface area contributed by atoms with E-state index in [1.54, 1.807) is 0 Å². The summed E-state index contributed by atoms with van der Waals surface area (Å²) in [5, 5.41) is 17.6. The Hall–Kier alpha value is -7.22. The van der Waals surface area contributed by atoms with Crippen LogP contribution in [0, 0.1) is 0 Å². The largest absolute Gasteiger partial charge is 0.456 e. The molecular weight excluding hydrogens is 665 g/mol. The van der Waals surface area contributed by atoms with Crippen molar-refractivity contribution in [2.75, 3.05) is 0 Å². The maximum atomic E-state index is 6.35. The Morgan fingerprint density at radius 1 is 0.236 bits per heavy atom. The average Bonchev–Trinajstić information content (AvgIpc) is 3.63. The summed E-state index contributed by atoms with van der Waals surface area (Å²) in [5.74, 6) is 0. The first-order chi connectivity index (χ1) is 27.2. The van der Waals surface area contributed by atoms with Gasteiger partial charge in [-0.05, 0) is 140 Å². The molecule has 0 radical (unpaired) electrons.